The van der Waals surface area contributed by atoms with Gasteiger partial charge in [0.15, 0.2) is 0 Å². The lowest BCUT2D eigenvalue weighted by Gasteiger charge is -2.24. The summed E-state index contributed by atoms with van der Waals surface area (Å²) in [5.41, 5.74) is 6.87. The van der Waals surface area contributed by atoms with Crippen LogP contribution in [0.25, 0.3) is 12.2 Å². The van der Waals surface area contributed by atoms with E-state index in [2.05, 4.69) is 10.6 Å². The van der Waals surface area contributed by atoms with Gasteiger partial charge in [0.25, 0.3) is 0 Å². The van der Waals surface area contributed by atoms with Gasteiger partial charge >= 0.3 is 0 Å². The van der Waals surface area contributed by atoms with Crippen LogP contribution in [0.2, 0.25) is 0 Å². The zero-order valence-corrected chi connectivity index (χ0v) is 35.7. The van der Waals surface area contributed by atoms with Crippen molar-refractivity contribution < 1.29 is 28.7 Å². The maximum Gasteiger partial charge on any atom is 0.247 e. The molecule has 2 heterocycles. The molecule has 2 aliphatic heterocycles. The largest absolute Gasteiger partial charge is 0.489 e. The number of anilines is 2. The van der Waals surface area contributed by atoms with Gasteiger partial charge in [-0.05, 0) is 84.3 Å². The fourth-order valence-electron chi connectivity index (χ4n) is 8.26. The Bertz CT molecular complexity index is 2380. The molecule has 8 rings (SSSR count). The number of carbonyl (C=O) groups is 4. The zero-order valence-electron chi connectivity index (χ0n) is 35.7. The van der Waals surface area contributed by atoms with Crippen LogP contribution in [-0.4, -0.2) is 58.6 Å². The fraction of sp³-hybridized carbons (Fsp3) is 0.222. The number of hydrogen-bond donors (Lipinski definition) is 2. The van der Waals surface area contributed by atoms with Crippen molar-refractivity contribution in [2.24, 2.45) is 0 Å². The van der Waals surface area contributed by atoms with Gasteiger partial charge in [-0.3, -0.25) is 19.2 Å². The molecule has 2 atom stereocenters. The standard InChI is InChI=1S/C54H52N4O6/c59-51(35-43-17-7-9-21-49(43)63-37-41-13-3-1-4-14-41)57-33-11-19-47(57)53(61)55-45-29-25-39(26-30-45)23-24-40-27-31-46(32-28-40)56-54(62)48-20-12-34-58(48)52(60)36-44-18-8-10-22-50(44)64-38-42-15-5-2-6-16-42/h1-10,13-18,21-32,47-48H,11-12,19-20,33-38H2,(H,55,61)(H,56,62)/t47-,48-/m0/s1. The molecule has 2 fully saturated rings. The third kappa shape index (κ3) is 11.3. The third-order valence-electron chi connectivity index (χ3n) is 11.7. The molecule has 0 aromatic heterocycles. The Labute approximate surface area is 374 Å². The number of nitrogens with one attached hydrogen (secondary N) is 2. The van der Waals surface area contributed by atoms with Crippen LogP contribution in [0.1, 0.15) is 59.1 Å². The van der Waals surface area contributed by atoms with Crippen molar-refractivity contribution in [3.8, 4) is 11.5 Å². The Hall–Kier alpha value is -7.46. The Balaban J connectivity index is 0.801. The van der Waals surface area contributed by atoms with E-state index in [1.807, 2.05) is 170 Å². The van der Waals surface area contributed by atoms with E-state index in [4.69, 9.17) is 9.47 Å². The van der Waals surface area contributed by atoms with Crippen molar-refractivity contribution in [3.05, 3.63) is 191 Å². The maximum absolute atomic E-state index is 13.6. The van der Waals surface area contributed by atoms with Gasteiger partial charge in [0, 0.05) is 35.6 Å². The molecule has 0 spiro atoms. The molecule has 324 valence electrons. The number of amides is 4. The molecule has 0 radical (unpaired) electrons. The van der Waals surface area contributed by atoms with Gasteiger partial charge in [-0.15, -0.1) is 0 Å². The molecule has 0 saturated carbocycles. The van der Waals surface area contributed by atoms with Crippen molar-refractivity contribution in [1.82, 2.24) is 9.80 Å². The molecule has 6 aromatic rings. The highest BCUT2D eigenvalue weighted by atomic mass is 16.5. The smallest absolute Gasteiger partial charge is 0.247 e. The molecule has 0 aliphatic carbocycles. The summed E-state index contributed by atoms with van der Waals surface area (Å²) in [6, 6.07) is 49.0. The van der Waals surface area contributed by atoms with Crippen molar-refractivity contribution >= 4 is 47.2 Å². The first-order valence-corrected chi connectivity index (χ1v) is 21.9. The lowest BCUT2D eigenvalue weighted by atomic mass is 10.1. The second-order valence-corrected chi connectivity index (χ2v) is 16.2. The van der Waals surface area contributed by atoms with Crippen LogP contribution in [0, 0.1) is 0 Å². The van der Waals surface area contributed by atoms with Gasteiger partial charge in [0.1, 0.15) is 36.8 Å². The molecule has 10 heteroatoms. The predicted molar refractivity (Wildman–Crippen MR) is 250 cm³/mol. The van der Waals surface area contributed by atoms with Crippen LogP contribution in [0.4, 0.5) is 11.4 Å². The molecule has 2 aliphatic rings. The summed E-state index contributed by atoms with van der Waals surface area (Å²) in [5, 5.41) is 6.03. The van der Waals surface area contributed by atoms with E-state index in [0.29, 0.717) is 62.0 Å². The van der Waals surface area contributed by atoms with Crippen molar-refractivity contribution in [2.75, 3.05) is 23.7 Å². The van der Waals surface area contributed by atoms with Gasteiger partial charge in [0.2, 0.25) is 23.6 Å². The van der Waals surface area contributed by atoms with E-state index < -0.39 is 12.1 Å². The number of carbonyl (C=O) groups excluding carboxylic acids is 4. The highest BCUT2D eigenvalue weighted by Gasteiger charge is 2.35. The number of hydrogen-bond acceptors (Lipinski definition) is 6. The first kappa shape index (κ1) is 43.2. The first-order chi connectivity index (χ1) is 31.4. The SMILES string of the molecule is O=C(Nc1ccc(C=Cc2ccc(NC(=O)[C@@H]3CCCN3C(=O)Cc3ccccc3OCc3ccccc3)cc2)cc1)[C@@H]1CCCN1C(=O)Cc1ccccc1OCc1ccccc1. The Morgan fingerprint density at radius 2 is 0.859 bits per heavy atom. The average molecular weight is 853 g/mol. The van der Waals surface area contributed by atoms with E-state index in [1.165, 1.54) is 0 Å². The van der Waals surface area contributed by atoms with E-state index in [1.54, 1.807) is 9.80 Å². The number of para-hydroxylation sites is 2. The molecule has 64 heavy (non-hydrogen) atoms. The molecule has 2 saturated heterocycles. The van der Waals surface area contributed by atoms with Crippen molar-refractivity contribution in [1.29, 1.82) is 0 Å². The van der Waals surface area contributed by atoms with Crippen molar-refractivity contribution in [2.45, 2.75) is 63.8 Å². The molecule has 6 aromatic carbocycles. The van der Waals surface area contributed by atoms with Crippen LogP contribution < -0.4 is 20.1 Å². The van der Waals surface area contributed by atoms with Gasteiger partial charge in [-0.25, -0.2) is 0 Å². The third-order valence-corrected chi connectivity index (χ3v) is 11.7. The lowest BCUT2D eigenvalue weighted by molar-refractivity contribution is -0.136. The summed E-state index contributed by atoms with van der Waals surface area (Å²) in [7, 11) is 0. The van der Waals surface area contributed by atoms with Gasteiger partial charge in [0.05, 0.1) is 12.8 Å². The number of likely N-dealkylation sites (tertiary alicyclic amines) is 2. The van der Waals surface area contributed by atoms with E-state index >= 15 is 0 Å². The number of nitrogens with zero attached hydrogens (tertiary/aromatic N) is 2. The van der Waals surface area contributed by atoms with Crippen LogP contribution in [0.3, 0.4) is 0 Å². The summed E-state index contributed by atoms with van der Waals surface area (Å²) in [4.78, 5) is 57.4. The van der Waals surface area contributed by atoms with Crippen LogP contribution in [-0.2, 0) is 45.2 Å². The molecular formula is C54H52N4O6. The summed E-state index contributed by atoms with van der Waals surface area (Å²) in [6.45, 7) is 1.87. The van der Waals surface area contributed by atoms with E-state index in [0.717, 1.165) is 46.2 Å². The Kier molecular flexibility index (Phi) is 14.2. The minimum absolute atomic E-state index is 0.101. The highest BCUT2D eigenvalue weighted by molar-refractivity contribution is 5.99. The van der Waals surface area contributed by atoms with E-state index in [9.17, 15) is 19.2 Å². The quantitative estimate of drug-likeness (QED) is 0.0938. The fourth-order valence-corrected chi connectivity index (χ4v) is 8.26. The summed E-state index contributed by atoms with van der Waals surface area (Å²) >= 11 is 0. The average Bonchev–Trinajstić information content (AvgIpc) is 4.04. The van der Waals surface area contributed by atoms with Crippen LogP contribution in [0.5, 0.6) is 11.5 Å². The Morgan fingerprint density at radius 1 is 0.484 bits per heavy atom. The summed E-state index contributed by atoms with van der Waals surface area (Å²) < 4.78 is 12.2. The number of benzene rings is 6. The second kappa shape index (κ2) is 21.1. The van der Waals surface area contributed by atoms with Gasteiger partial charge in [-0.2, -0.15) is 0 Å². The van der Waals surface area contributed by atoms with Crippen LogP contribution >= 0.6 is 0 Å². The molecule has 10 nitrogen and oxygen atoms in total. The second-order valence-electron chi connectivity index (χ2n) is 16.2. The first-order valence-electron chi connectivity index (χ1n) is 21.9. The van der Waals surface area contributed by atoms with Crippen LogP contribution in [0.15, 0.2) is 158 Å². The maximum atomic E-state index is 13.6. The topological polar surface area (TPSA) is 117 Å². The molecule has 0 bridgehead atoms. The lowest BCUT2D eigenvalue weighted by Crippen LogP contribution is -2.43. The summed E-state index contributed by atoms with van der Waals surface area (Å²) in [5.74, 6) is 0.724. The summed E-state index contributed by atoms with van der Waals surface area (Å²) in [6.07, 6.45) is 6.99. The van der Waals surface area contributed by atoms with Crippen molar-refractivity contribution in [3.63, 3.8) is 0 Å². The predicted octanol–water partition coefficient (Wildman–Crippen LogP) is 9.36. The molecular weight excluding hydrogens is 801 g/mol. The van der Waals surface area contributed by atoms with Gasteiger partial charge < -0.3 is 29.9 Å². The monoisotopic (exact) mass is 852 g/mol. The minimum atomic E-state index is -0.545. The number of rotatable bonds is 16. The molecule has 4 amide bonds. The Morgan fingerprint density at radius 3 is 1.27 bits per heavy atom. The highest BCUT2D eigenvalue weighted by Crippen LogP contribution is 2.27. The normalized spacial score (nSPS) is 15.8. The molecule has 0 unspecified atom stereocenters. The van der Waals surface area contributed by atoms with E-state index in [-0.39, 0.29) is 36.5 Å². The zero-order chi connectivity index (χ0) is 44.1. The molecule has 2 N–H and O–H groups in total. The van der Waals surface area contributed by atoms with Gasteiger partial charge in [-0.1, -0.05) is 133 Å². The number of ether oxygens (including phenoxy) is 2. The minimum Gasteiger partial charge on any atom is -0.489 e.